The Hall–Kier alpha value is -3.01. The monoisotopic (exact) mass is 520 g/mol. The maximum Gasteiger partial charge on any atom is 0.255 e. The molecule has 1 unspecified atom stereocenters. The molecule has 0 radical (unpaired) electrons. The van der Waals surface area contributed by atoms with Crippen LogP contribution < -0.4 is 4.74 Å². The summed E-state index contributed by atoms with van der Waals surface area (Å²) in [5.41, 5.74) is 3.75. The molecule has 7 rings (SSSR count). The lowest BCUT2D eigenvalue weighted by atomic mass is 9.89. The molecule has 5 heterocycles. The Bertz CT molecular complexity index is 1190. The van der Waals surface area contributed by atoms with E-state index in [1.807, 2.05) is 15.9 Å². The van der Waals surface area contributed by atoms with Crippen molar-refractivity contribution in [3.63, 3.8) is 0 Å². The van der Waals surface area contributed by atoms with Gasteiger partial charge >= 0.3 is 0 Å². The van der Waals surface area contributed by atoms with Gasteiger partial charge in [0.25, 0.3) is 5.91 Å². The average Bonchev–Trinajstić information content (AvgIpc) is 3.36. The van der Waals surface area contributed by atoms with E-state index < -0.39 is 0 Å². The number of aryl methyl sites for hydroxylation is 1. The minimum Gasteiger partial charge on any atom is -0.477 e. The molecule has 3 aliphatic heterocycles. The Morgan fingerprint density at radius 1 is 1.03 bits per heavy atom. The predicted molar refractivity (Wildman–Crippen MR) is 137 cm³/mol. The summed E-state index contributed by atoms with van der Waals surface area (Å²) in [6, 6.07) is 2.03. The molecular formula is C28H36N6O4. The molecular weight excluding hydrogens is 484 g/mol. The summed E-state index contributed by atoms with van der Waals surface area (Å²) in [4.78, 5) is 35.4. The molecule has 3 atom stereocenters. The van der Waals surface area contributed by atoms with Crippen molar-refractivity contribution in [3.8, 4) is 5.88 Å². The predicted octanol–water partition coefficient (Wildman–Crippen LogP) is 2.22. The number of hydrogen-bond acceptors (Lipinski definition) is 7. The van der Waals surface area contributed by atoms with Crippen molar-refractivity contribution < 1.29 is 19.1 Å². The van der Waals surface area contributed by atoms with Crippen LogP contribution in [-0.4, -0.2) is 88.0 Å². The number of nitrogens with zero attached hydrogens (tertiary/aromatic N) is 5. The van der Waals surface area contributed by atoms with Crippen LogP contribution in [0.3, 0.4) is 0 Å². The Kier molecular flexibility index (Phi) is 6.30. The molecule has 0 spiro atoms. The standard InChI is InChI=1S/C28H36N6O4/c35-27(19-3-4-24-25(10-19)31-32-30-24)33-12-21-14-34(15-22(21)13-33)28(36)20-9-23(18-1-2-18)26(29-11-20)38-16-17-5-7-37-8-6-17/h9,11,17-19,21-22H,1-8,10,12-16H2,(H,30,31,32)/t19?,21-,22-/m0/s1. The van der Waals surface area contributed by atoms with Crippen LogP contribution in [0.2, 0.25) is 0 Å². The van der Waals surface area contributed by atoms with E-state index in [0.717, 1.165) is 81.8 Å². The maximum absolute atomic E-state index is 13.5. The number of likely N-dealkylation sites (tertiary alicyclic amines) is 2. The number of pyridine rings is 1. The van der Waals surface area contributed by atoms with Crippen LogP contribution in [0.1, 0.15) is 65.3 Å². The molecule has 10 nitrogen and oxygen atoms in total. The molecule has 2 aliphatic carbocycles. The molecule has 38 heavy (non-hydrogen) atoms. The van der Waals surface area contributed by atoms with Gasteiger partial charge in [-0.25, -0.2) is 4.98 Å². The first kappa shape index (κ1) is 24.1. The number of amides is 2. The van der Waals surface area contributed by atoms with Crippen LogP contribution in [-0.2, 0) is 22.4 Å². The summed E-state index contributed by atoms with van der Waals surface area (Å²) < 4.78 is 11.6. The van der Waals surface area contributed by atoms with E-state index in [9.17, 15) is 9.59 Å². The number of fused-ring (bicyclic) bond motifs is 2. The van der Waals surface area contributed by atoms with Gasteiger partial charge in [-0.3, -0.25) is 14.7 Å². The molecule has 1 N–H and O–H groups in total. The fraction of sp³-hybridized carbons (Fsp3) is 0.679. The molecule has 2 aromatic heterocycles. The van der Waals surface area contributed by atoms with Crippen molar-refractivity contribution in [2.75, 3.05) is 46.0 Å². The van der Waals surface area contributed by atoms with Crippen LogP contribution in [0.4, 0.5) is 0 Å². The van der Waals surface area contributed by atoms with E-state index in [2.05, 4.69) is 20.4 Å². The van der Waals surface area contributed by atoms with Gasteiger partial charge in [-0.2, -0.15) is 0 Å². The Morgan fingerprint density at radius 3 is 2.55 bits per heavy atom. The van der Waals surface area contributed by atoms with Gasteiger partial charge in [-0.15, -0.1) is 5.10 Å². The summed E-state index contributed by atoms with van der Waals surface area (Å²) >= 11 is 0. The molecule has 4 fully saturated rings. The van der Waals surface area contributed by atoms with E-state index in [1.54, 1.807) is 6.20 Å². The zero-order chi connectivity index (χ0) is 25.6. The van der Waals surface area contributed by atoms with Crippen LogP contribution in [0.15, 0.2) is 12.3 Å². The fourth-order valence-corrected chi connectivity index (χ4v) is 6.78. The zero-order valence-electron chi connectivity index (χ0n) is 21.8. The highest BCUT2D eigenvalue weighted by Gasteiger charge is 2.45. The third-order valence-corrected chi connectivity index (χ3v) is 9.26. The number of aromatic amines is 1. The van der Waals surface area contributed by atoms with E-state index in [-0.39, 0.29) is 17.7 Å². The number of aromatic nitrogens is 4. The van der Waals surface area contributed by atoms with Gasteiger partial charge in [-0.1, -0.05) is 5.21 Å². The lowest BCUT2D eigenvalue weighted by molar-refractivity contribution is -0.135. The van der Waals surface area contributed by atoms with E-state index in [0.29, 0.717) is 61.2 Å². The SMILES string of the molecule is O=C(c1cnc(OCC2CCOCC2)c(C2CC2)c1)N1C[C@@H]2CN(C(=O)C3CCc4[nH]nnc4C3)C[C@H]2C1. The number of carbonyl (C=O) groups excluding carboxylic acids is 2. The van der Waals surface area contributed by atoms with Gasteiger partial charge in [0.1, 0.15) is 0 Å². The minimum atomic E-state index is -0.0109. The highest BCUT2D eigenvalue weighted by Crippen LogP contribution is 2.44. The lowest BCUT2D eigenvalue weighted by Crippen LogP contribution is -2.40. The largest absolute Gasteiger partial charge is 0.477 e. The number of rotatable bonds is 6. The zero-order valence-corrected chi connectivity index (χ0v) is 21.8. The Morgan fingerprint density at radius 2 is 1.79 bits per heavy atom. The van der Waals surface area contributed by atoms with Crippen molar-refractivity contribution in [1.82, 2.24) is 30.2 Å². The summed E-state index contributed by atoms with van der Waals surface area (Å²) in [6.07, 6.45) is 8.35. The van der Waals surface area contributed by atoms with Crippen LogP contribution >= 0.6 is 0 Å². The second kappa shape index (κ2) is 9.94. The van der Waals surface area contributed by atoms with Crippen molar-refractivity contribution >= 4 is 11.8 Å². The van der Waals surface area contributed by atoms with Gasteiger partial charge in [0, 0.05) is 75.3 Å². The molecule has 3 saturated heterocycles. The van der Waals surface area contributed by atoms with Gasteiger partial charge < -0.3 is 19.3 Å². The summed E-state index contributed by atoms with van der Waals surface area (Å²) in [5.74, 6) is 2.61. The number of carbonyl (C=O) groups is 2. The number of H-pyrrole nitrogens is 1. The summed E-state index contributed by atoms with van der Waals surface area (Å²) in [6.45, 7) is 5.14. The van der Waals surface area contributed by atoms with Crippen molar-refractivity contribution in [2.24, 2.45) is 23.7 Å². The number of nitrogens with one attached hydrogen (secondary N) is 1. The molecule has 5 aliphatic rings. The Labute approximate surface area is 222 Å². The molecule has 0 bridgehead atoms. The summed E-state index contributed by atoms with van der Waals surface area (Å²) in [7, 11) is 0. The van der Waals surface area contributed by atoms with Crippen LogP contribution in [0.25, 0.3) is 0 Å². The van der Waals surface area contributed by atoms with Crippen molar-refractivity contribution in [2.45, 2.75) is 50.9 Å². The lowest BCUT2D eigenvalue weighted by Gasteiger charge is -2.27. The minimum absolute atomic E-state index is 0.0109. The van der Waals surface area contributed by atoms with Crippen LogP contribution in [0.5, 0.6) is 5.88 Å². The molecule has 0 aromatic carbocycles. The second-order valence-corrected chi connectivity index (χ2v) is 11.9. The topological polar surface area (TPSA) is 114 Å². The van der Waals surface area contributed by atoms with Gasteiger partial charge in [0.2, 0.25) is 11.8 Å². The molecule has 202 valence electrons. The Balaban J connectivity index is 0.962. The van der Waals surface area contributed by atoms with E-state index in [4.69, 9.17) is 9.47 Å². The first-order valence-electron chi connectivity index (χ1n) is 14.3. The third kappa shape index (κ3) is 4.67. The second-order valence-electron chi connectivity index (χ2n) is 11.9. The molecule has 1 saturated carbocycles. The maximum atomic E-state index is 13.5. The quantitative estimate of drug-likeness (QED) is 0.621. The third-order valence-electron chi connectivity index (χ3n) is 9.26. The van der Waals surface area contributed by atoms with Crippen LogP contribution in [0, 0.1) is 23.7 Å². The van der Waals surface area contributed by atoms with Crippen molar-refractivity contribution in [1.29, 1.82) is 0 Å². The smallest absolute Gasteiger partial charge is 0.255 e. The first-order valence-corrected chi connectivity index (χ1v) is 14.3. The number of ether oxygens (including phenoxy) is 2. The molecule has 2 amide bonds. The van der Waals surface area contributed by atoms with Crippen molar-refractivity contribution in [3.05, 3.63) is 34.8 Å². The highest BCUT2D eigenvalue weighted by atomic mass is 16.5. The van der Waals surface area contributed by atoms with Gasteiger partial charge in [0.05, 0.1) is 23.6 Å². The van der Waals surface area contributed by atoms with Gasteiger partial charge in [0.15, 0.2) is 0 Å². The van der Waals surface area contributed by atoms with E-state index in [1.165, 1.54) is 0 Å². The molecule has 10 heteroatoms. The highest BCUT2D eigenvalue weighted by molar-refractivity contribution is 5.94. The normalized spacial score (nSPS) is 27.3. The molecule has 2 aromatic rings. The van der Waals surface area contributed by atoms with E-state index >= 15 is 0 Å². The summed E-state index contributed by atoms with van der Waals surface area (Å²) in [5, 5.41) is 11.0. The first-order chi connectivity index (χ1) is 18.6. The van der Waals surface area contributed by atoms with Gasteiger partial charge in [-0.05, 0) is 56.4 Å². The fourth-order valence-electron chi connectivity index (χ4n) is 6.78. The number of hydrogen-bond donors (Lipinski definition) is 1. The average molecular weight is 521 g/mol.